The lowest BCUT2D eigenvalue weighted by Gasteiger charge is -2.14. The van der Waals surface area contributed by atoms with Gasteiger partial charge in [-0.1, -0.05) is 6.42 Å². The number of nitrogens with zero attached hydrogens (tertiary/aromatic N) is 4. The Bertz CT molecular complexity index is 715. The smallest absolute Gasteiger partial charge is 0.269 e. The van der Waals surface area contributed by atoms with E-state index < -0.39 is 4.92 Å². The molecule has 0 spiro atoms. The molecule has 0 bridgehead atoms. The van der Waals surface area contributed by atoms with Crippen LogP contribution in [0.3, 0.4) is 0 Å². The maximum atomic E-state index is 10.6. The minimum atomic E-state index is -0.454. The minimum absolute atomic E-state index is 0.0252. The van der Waals surface area contributed by atoms with Crippen LogP contribution in [0.25, 0.3) is 0 Å². The van der Waals surface area contributed by atoms with Gasteiger partial charge >= 0.3 is 0 Å². The van der Waals surface area contributed by atoms with Crippen molar-refractivity contribution in [3.05, 3.63) is 58.6 Å². The van der Waals surface area contributed by atoms with Crippen LogP contribution in [0.2, 0.25) is 0 Å². The summed E-state index contributed by atoms with van der Waals surface area (Å²) in [5.41, 5.74) is 2.17. The molecule has 6 heteroatoms. The molecule has 22 heavy (non-hydrogen) atoms. The van der Waals surface area contributed by atoms with Crippen LogP contribution in [0.4, 0.5) is 22.7 Å². The van der Waals surface area contributed by atoms with E-state index in [1.165, 1.54) is 12.1 Å². The van der Waals surface area contributed by atoms with Crippen molar-refractivity contribution >= 4 is 22.7 Å². The van der Waals surface area contributed by atoms with Gasteiger partial charge < -0.3 is 4.90 Å². The molecular weight excluding hydrogens is 280 g/mol. The third-order valence-electron chi connectivity index (χ3n) is 2.97. The average Bonchev–Trinajstić information content (AvgIpc) is 2.55. The van der Waals surface area contributed by atoms with Crippen LogP contribution >= 0.6 is 0 Å². The number of benzene rings is 2. The minimum Gasteiger partial charge on any atom is -0.302 e. The summed E-state index contributed by atoms with van der Waals surface area (Å²) in [7, 11) is 0. The van der Waals surface area contributed by atoms with E-state index in [-0.39, 0.29) is 5.69 Å². The Morgan fingerprint density at radius 3 is 2.00 bits per heavy atom. The van der Waals surface area contributed by atoms with Crippen LogP contribution in [0.5, 0.6) is 0 Å². The van der Waals surface area contributed by atoms with E-state index in [2.05, 4.69) is 16.3 Å². The highest BCUT2D eigenvalue weighted by molar-refractivity contribution is 5.56. The molecular formula is C16H14N4O2. The molecule has 0 saturated heterocycles. The van der Waals surface area contributed by atoms with Gasteiger partial charge in [-0.15, -0.1) is 0 Å². The van der Waals surface area contributed by atoms with Gasteiger partial charge in [-0.25, -0.2) is 0 Å². The number of rotatable bonds is 5. The zero-order valence-corrected chi connectivity index (χ0v) is 12.0. The van der Waals surface area contributed by atoms with E-state index in [0.717, 1.165) is 12.2 Å². The van der Waals surface area contributed by atoms with Gasteiger partial charge in [0.15, 0.2) is 0 Å². The molecule has 2 aromatic rings. The predicted octanol–water partition coefficient (Wildman–Crippen LogP) is 4.43. The first-order valence-corrected chi connectivity index (χ1v) is 6.64. The van der Waals surface area contributed by atoms with Crippen LogP contribution in [0.1, 0.15) is 6.92 Å². The molecule has 0 unspecified atom stereocenters. The molecule has 0 aliphatic carbocycles. The van der Waals surface area contributed by atoms with Crippen LogP contribution in [0, 0.1) is 22.6 Å². The fourth-order valence-corrected chi connectivity index (χ4v) is 1.80. The first-order chi connectivity index (χ1) is 10.6. The van der Waals surface area contributed by atoms with Crippen LogP contribution < -0.4 is 4.90 Å². The fraction of sp³-hybridized carbons (Fsp3) is 0.125. The number of terminal acetylenes is 1. The molecule has 0 fully saturated rings. The maximum absolute atomic E-state index is 10.6. The van der Waals surface area contributed by atoms with Gasteiger partial charge in [0.1, 0.15) is 0 Å². The number of hydrogen-bond donors (Lipinski definition) is 0. The number of non-ortho nitro benzene ring substituents is 1. The molecule has 0 aliphatic heterocycles. The van der Waals surface area contributed by atoms with Crippen LogP contribution in [-0.4, -0.2) is 11.5 Å². The molecule has 0 aliphatic rings. The standard InChI is InChI=1S/C16H14N4O2/c1-3-19(4-2)15-9-5-13(6-10-15)17-18-14-7-11-16(12-8-14)20(21)22/h1,5-12H,4H2,2H3. The Morgan fingerprint density at radius 1 is 1.09 bits per heavy atom. The lowest BCUT2D eigenvalue weighted by molar-refractivity contribution is -0.384. The van der Waals surface area contributed by atoms with Crippen molar-refractivity contribution in [3.63, 3.8) is 0 Å². The molecule has 0 aromatic heterocycles. The Labute approximate surface area is 128 Å². The van der Waals surface area contributed by atoms with E-state index >= 15 is 0 Å². The van der Waals surface area contributed by atoms with Crippen molar-refractivity contribution in [3.8, 4) is 12.5 Å². The second-order valence-corrected chi connectivity index (χ2v) is 4.36. The summed E-state index contributed by atoms with van der Waals surface area (Å²) in [6, 6.07) is 15.8. The monoisotopic (exact) mass is 294 g/mol. The summed E-state index contributed by atoms with van der Waals surface area (Å²) in [5, 5.41) is 18.7. The molecule has 2 rings (SSSR count). The zero-order valence-electron chi connectivity index (χ0n) is 12.0. The third-order valence-corrected chi connectivity index (χ3v) is 2.97. The molecule has 110 valence electrons. The highest BCUT2D eigenvalue weighted by Gasteiger charge is 2.03. The summed E-state index contributed by atoms with van der Waals surface area (Å²) in [6.07, 6.45) is 5.41. The Balaban J connectivity index is 2.10. The lowest BCUT2D eigenvalue weighted by Crippen LogP contribution is -2.14. The van der Waals surface area contributed by atoms with Crippen molar-refractivity contribution in [2.24, 2.45) is 10.2 Å². The predicted molar refractivity (Wildman–Crippen MR) is 85.6 cm³/mol. The van der Waals surface area contributed by atoms with E-state index in [9.17, 15) is 10.1 Å². The topological polar surface area (TPSA) is 71.1 Å². The second kappa shape index (κ2) is 6.99. The van der Waals surface area contributed by atoms with Gasteiger partial charge in [-0.3, -0.25) is 10.1 Å². The van der Waals surface area contributed by atoms with Crippen molar-refractivity contribution in [1.82, 2.24) is 0 Å². The highest BCUT2D eigenvalue weighted by Crippen LogP contribution is 2.23. The van der Waals surface area contributed by atoms with Gasteiger partial charge in [0.25, 0.3) is 5.69 Å². The molecule has 0 heterocycles. The van der Waals surface area contributed by atoms with E-state index in [4.69, 9.17) is 6.42 Å². The highest BCUT2D eigenvalue weighted by atomic mass is 16.6. The molecule has 6 nitrogen and oxygen atoms in total. The zero-order chi connectivity index (χ0) is 15.9. The Morgan fingerprint density at radius 2 is 1.59 bits per heavy atom. The number of azo groups is 1. The van der Waals surface area contributed by atoms with Crippen LogP contribution in [-0.2, 0) is 0 Å². The van der Waals surface area contributed by atoms with Crippen LogP contribution in [0.15, 0.2) is 58.8 Å². The van der Waals surface area contributed by atoms with Gasteiger partial charge in [-0.05, 0) is 43.3 Å². The van der Waals surface area contributed by atoms with Gasteiger partial charge in [-0.2, -0.15) is 10.2 Å². The van der Waals surface area contributed by atoms with Crippen molar-refractivity contribution < 1.29 is 4.92 Å². The number of anilines is 1. The first kappa shape index (κ1) is 15.2. The van der Waals surface area contributed by atoms with Crippen molar-refractivity contribution in [2.45, 2.75) is 6.92 Å². The summed E-state index contributed by atoms with van der Waals surface area (Å²) in [5.74, 6) is 0. The fourth-order valence-electron chi connectivity index (χ4n) is 1.80. The summed E-state index contributed by atoms with van der Waals surface area (Å²) >= 11 is 0. The summed E-state index contributed by atoms with van der Waals surface area (Å²) < 4.78 is 0. The molecule has 0 amide bonds. The molecule has 2 aromatic carbocycles. The van der Waals surface area contributed by atoms with E-state index in [1.807, 2.05) is 31.2 Å². The first-order valence-electron chi connectivity index (χ1n) is 6.64. The normalized spacial score (nSPS) is 10.4. The Kier molecular flexibility index (Phi) is 4.83. The largest absolute Gasteiger partial charge is 0.302 e. The quantitative estimate of drug-likeness (QED) is 0.269. The third kappa shape index (κ3) is 3.67. The second-order valence-electron chi connectivity index (χ2n) is 4.36. The van der Waals surface area contributed by atoms with Crippen molar-refractivity contribution in [1.29, 1.82) is 0 Å². The summed E-state index contributed by atoms with van der Waals surface area (Å²) in [6.45, 7) is 2.70. The van der Waals surface area contributed by atoms with Gasteiger partial charge in [0.2, 0.25) is 0 Å². The van der Waals surface area contributed by atoms with Gasteiger partial charge in [0, 0.05) is 30.4 Å². The molecule has 0 radical (unpaired) electrons. The Hall–Kier alpha value is -3.20. The lowest BCUT2D eigenvalue weighted by atomic mass is 10.2. The van der Waals surface area contributed by atoms with E-state index in [1.54, 1.807) is 17.0 Å². The van der Waals surface area contributed by atoms with Gasteiger partial charge in [0.05, 0.1) is 16.3 Å². The maximum Gasteiger partial charge on any atom is 0.269 e. The van der Waals surface area contributed by atoms with Crippen molar-refractivity contribution in [2.75, 3.05) is 11.4 Å². The number of hydrogen-bond acceptors (Lipinski definition) is 5. The summed E-state index contributed by atoms with van der Waals surface area (Å²) in [4.78, 5) is 11.9. The van der Waals surface area contributed by atoms with E-state index in [0.29, 0.717) is 11.4 Å². The average molecular weight is 294 g/mol. The molecule has 0 saturated carbocycles. The number of nitro benzene ring substituents is 1. The number of nitro groups is 1. The SMILES string of the molecule is C#CN(CC)c1ccc(N=Nc2ccc([N+](=O)[O-])cc2)cc1. The molecule has 0 atom stereocenters. The molecule has 0 N–H and O–H groups in total.